The SMILES string of the molecule is CN(CCCCc1ccccc1)C1CCCCC1Br. The van der Waals surface area contributed by atoms with Crippen LogP contribution in [0.4, 0.5) is 0 Å². The molecule has 1 nitrogen and oxygen atoms in total. The second kappa shape index (κ2) is 8.06. The van der Waals surface area contributed by atoms with E-state index in [9.17, 15) is 0 Å². The summed E-state index contributed by atoms with van der Waals surface area (Å²) in [5.41, 5.74) is 1.47. The van der Waals surface area contributed by atoms with Crippen LogP contribution in [-0.4, -0.2) is 29.4 Å². The van der Waals surface area contributed by atoms with Gasteiger partial charge in [0.15, 0.2) is 0 Å². The lowest BCUT2D eigenvalue weighted by Crippen LogP contribution is -2.41. The average molecular weight is 324 g/mol. The summed E-state index contributed by atoms with van der Waals surface area (Å²) in [6.45, 7) is 1.24. The molecular weight excluding hydrogens is 298 g/mol. The summed E-state index contributed by atoms with van der Waals surface area (Å²) in [6.07, 6.45) is 9.34. The van der Waals surface area contributed by atoms with E-state index in [0.29, 0.717) is 4.83 Å². The van der Waals surface area contributed by atoms with Crippen LogP contribution in [0.3, 0.4) is 0 Å². The standard InChI is InChI=1S/C17H26BrN/c1-19(17-13-6-5-12-16(17)18)14-8-7-11-15-9-3-2-4-10-15/h2-4,9-10,16-17H,5-8,11-14H2,1H3. The van der Waals surface area contributed by atoms with Gasteiger partial charge in [-0.3, -0.25) is 0 Å². The van der Waals surface area contributed by atoms with Crippen molar-refractivity contribution in [1.29, 1.82) is 0 Å². The van der Waals surface area contributed by atoms with Crippen molar-refractivity contribution >= 4 is 15.9 Å². The molecule has 106 valence electrons. The molecule has 0 aliphatic heterocycles. The number of unbranched alkanes of at least 4 members (excludes halogenated alkanes) is 1. The minimum absolute atomic E-state index is 0.709. The van der Waals surface area contributed by atoms with Crippen molar-refractivity contribution in [3.05, 3.63) is 35.9 Å². The third-order valence-electron chi connectivity index (χ3n) is 4.28. The van der Waals surface area contributed by atoms with Crippen molar-refractivity contribution in [2.75, 3.05) is 13.6 Å². The molecule has 0 aromatic heterocycles. The van der Waals surface area contributed by atoms with Crippen molar-refractivity contribution in [2.45, 2.75) is 55.8 Å². The minimum Gasteiger partial charge on any atom is -0.302 e. The predicted octanol–water partition coefficient (Wildman–Crippen LogP) is 4.65. The first kappa shape index (κ1) is 15.1. The highest BCUT2D eigenvalue weighted by Gasteiger charge is 2.25. The molecule has 0 heterocycles. The largest absolute Gasteiger partial charge is 0.302 e. The maximum atomic E-state index is 3.86. The van der Waals surface area contributed by atoms with Gasteiger partial charge in [-0.15, -0.1) is 0 Å². The highest BCUT2D eigenvalue weighted by Crippen LogP contribution is 2.28. The van der Waals surface area contributed by atoms with Crippen molar-refractivity contribution in [3.63, 3.8) is 0 Å². The van der Waals surface area contributed by atoms with Crippen LogP contribution in [0.15, 0.2) is 30.3 Å². The molecule has 2 atom stereocenters. The molecule has 1 saturated carbocycles. The third kappa shape index (κ3) is 4.92. The number of alkyl halides is 1. The van der Waals surface area contributed by atoms with Crippen LogP contribution >= 0.6 is 15.9 Å². The van der Waals surface area contributed by atoms with E-state index in [1.54, 1.807) is 0 Å². The van der Waals surface area contributed by atoms with Gasteiger partial charge in [-0.05, 0) is 51.3 Å². The van der Waals surface area contributed by atoms with E-state index in [1.807, 2.05) is 0 Å². The molecule has 0 spiro atoms. The van der Waals surface area contributed by atoms with E-state index < -0.39 is 0 Å². The molecule has 1 aliphatic rings. The van der Waals surface area contributed by atoms with E-state index in [0.717, 1.165) is 6.04 Å². The first-order valence-corrected chi connectivity index (χ1v) is 8.57. The topological polar surface area (TPSA) is 3.24 Å². The highest BCUT2D eigenvalue weighted by molar-refractivity contribution is 9.09. The van der Waals surface area contributed by atoms with Crippen molar-refractivity contribution in [2.24, 2.45) is 0 Å². The zero-order valence-corrected chi connectivity index (χ0v) is 13.6. The van der Waals surface area contributed by atoms with Crippen molar-refractivity contribution in [3.8, 4) is 0 Å². The maximum Gasteiger partial charge on any atom is 0.0301 e. The van der Waals surface area contributed by atoms with E-state index in [4.69, 9.17) is 0 Å². The summed E-state index contributed by atoms with van der Waals surface area (Å²) in [6, 6.07) is 11.6. The van der Waals surface area contributed by atoms with Crippen LogP contribution in [0.2, 0.25) is 0 Å². The Bertz CT molecular complexity index is 352. The number of nitrogens with zero attached hydrogens (tertiary/aromatic N) is 1. The minimum atomic E-state index is 0.709. The molecule has 19 heavy (non-hydrogen) atoms. The van der Waals surface area contributed by atoms with E-state index in [-0.39, 0.29) is 0 Å². The van der Waals surface area contributed by atoms with Crippen LogP contribution < -0.4 is 0 Å². The second-order valence-corrected chi connectivity index (χ2v) is 6.97. The molecule has 2 rings (SSSR count). The Kier molecular flexibility index (Phi) is 6.39. The van der Waals surface area contributed by atoms with Gasteiger partial charge in [-0.2, -0.15) is 0 Å². The molecule has 1 aromatic rings. The molecular formula is C17H26BrN. The second-order valence-electron chi connectivity index (χ2n) is 5.79. The van der Waals surface area contributed by atoms with E-state index >= 15 is 0 Å². The summed E-state index contributed by atoms with van der Waals surface area (Å²) in [5, 5.41) is 0. The molecule has 0 amide bonds. The van der Waals surface area contributed by atoms with Gasteiger partial charge in [0, 0.05) is 10.9 Å². The van der Waals surface area contributed by atoms with Gasteiger partial charge < -0.3 is 4.90 Å². The first-order valence-electron chi connectivity index (χ1n) is 7.65. The lowest BCUT2D eigenvalue weighted by atomic mass is 9.94. The summed E-state index contributed by atoms with van der Waals surface area (Å²) in [4.78, 5) is 3.28. The van der Waals surface area contributed by atoms with Gasteiger partial charge in [0.1, 0.15) is 0 Å². The van der Waals surface area contributed by atoms with Crippen LogP contribution in [0, 0.1) is 0 Å². The highest BCUT2D eigenvalue weighted by atomic mass is 79.9. The Morgan fingerprint density at radius 3 is 2.58 bits per heavy atom. The molecule has 1 aliphatic carbocycles. The summed E-state index contributed by atoms with van der Waals surface area (Å²) in [5.74, 6) is 0. The number of hydrogen-bond acceptors (Lipinski definition) is 1. The lowest BCUT2D eigenvalue weighted by Gasteiger charge is -2.35. The number of rotatable bonds is 6. The molecule has 0 bridgehead atoms. The molecule has 2 unspecified atom stereocenters. The van der Waals surface area contributed by atoms with Gasteiger partial charge in [0.2, 0.25) is 0 Å². The van der Waals surface area contributed by atoms with Crippen molar-refractivity contribution < 1.29 is 0 Å². The van der Waals surface area contributed by atoms with Gasteiger partial charge >= 0.3 is 0 Å². The molecule has 0 radical (unpaired) electrons. The Balaban J connectivity index is 1.65. The van der Waals surface area contributed by atoms with Crippen molar-refractivity contribution in [1.82, 2.24) is 4.90 Å². The average Bonchev–Trinajstić information content (AvgIpc) is 2.45. The molecule has 0 saturated heterocycles. The maximum absolute atomic E-state index is 3.86. The number of benzene rings is 1. The Hall–Kier alpha value is -0.340. The van der Waals surface area contributed by atoms with Crippen LogP contribution in [-0.2, 0) is 6.42 Å². The van der Waals surface area contributed by atoms with E-state index in [2.05, 4.69) is 58.2 Å². The molecule has 0 N–H and O–H groups in total. The summed E-state index contributed by atoms with van der Waals surface area (Å²) in [7, 11) is 2.30. The Labute approximate surface area is 126 Å². The van der Waals surface area contributed by atoms with Crippen LogP contribution in [0.25, 0.3) is 0 Å². The first-order chi connectivity index (χ1) is 9.27. The number of halogens is 1. The summed E-state index contributed by atoms with van der Waals surface area (Å²) >= 11 is 3.86. The Morgan fingerprint density at radius 2 is 1.84 bits per heavy atom. The van der Waals surface area contributed by atoms with Crippen LogP contribution in [0.1, 0.15) is 44.1 Å². The number of hydrogen-bond donors (Lipinski definition) is 0. The normalized spacial score (nSPS) is 23.7. The molecule has 1 aromatic carbocycles. The summed E-state index contributed by atoms with van der Waals surface area (Å²) < 4.78 is 0. The fourth-order valence-electron chi connectivity index (χ4n) is 3.06. The zero-order valence-electron chi connectivity index (χ0n) is 12.0. The monoisotopic (exact) mass is 323 g/mol. The molecule has 2 heteroatoms. The van der Waals surface area contributed by atoms with Gasteiger partial charge in [0.25, 0.3) is 0 Å². The lowest BCUT2D eigenvalue weighted by molar-refractivity contribution is 0.197. The predicted molar refractivity (Wildman–Crippen MR) is 87.0 cm³/mol. The fourth-order valence-corrected chi connectivity index (χ4v) is 4.06. The quantitative estimate of drug-likeness (QED) is 0.544. The zero-order chi connectivity index (χ0) is 13.5. The molecule has 1 fully saturated rings. The third-order valence-corrected chi connectivity index (χ3v) is 5.35. The van der Waals surface area contributed by atoms with Gasteiger partial charge in [-0.1, -0.05) is 59.1 Å². The van der Waals surface area contributed by atoms with Gasteiger partial charge in [-0.25, -0.2) is 0 Å². The Morgan fingerprint density at radius 1 is 1.11 bits per heavy atom. The van der Waals surface area contributed by atoms with Gasteiger partial charge in [0.05, 0.1) is 0 Å². The fraction of sp³-hybridized carbons (Fsp3) is 0.647. The van der Waals surface area contributed by atoms with Crippen LogP contribution in [0.5, 0.6) is 0 Å². The number of aryl methyl sites for hydroxylation is 1. The smallest absolute Gasteiger partial charge is 0.0301 e. The van der Waals surface area contributed by atoms with E-state index in [1.165, 1.54) is 57.1 Å².